The van der Waals surface area contributed by atoms with Crippen LogP contribution in [0.15, 0.2) is 47.2 Å². The van der Waals surface area contributed by atoms with E-state index in [-0.39, 0.29) is 5.91 Å². The standard InChI is InChI=1S/C12H12N2O3/c1-9(17-10-5-3-2-4-6-10)12(15)13-11-7-8-16-14-11/h2-9H,1H3,(H,13,14,15)/t9-/m0/s1. The molecule has 0 aliphatic heterocycles. The second-order valence-corrected chi connectivity index (χ2v) is 3.45. The van der Waals surface area contributed by atoms with Crippen molar-refractivity contribution < 1.29 is 14.1 Å². The van der Waals surface area contributed by atoms with E-state index in [0.717, 1.165) is 0 Å². The Labute approximate surface area is 98.4 Å². The predicted octanol–water partition coefficient (Wildman–Crippen LogP) is 2.08. The molecule has 17 heavy (non-hydrogen) atoms. The summed E-state index contributed by atoms with van der Waals surface area (Å²) < 4.78 is 10.1. The summed E-state index contributed by atoms with van der Waals surface area (Å²) in [6, 6.07) is 10.7. The lowest BCUT2D eigenvalue weighted by molar-refractivity contribution is -0.122. The van der Waals surface area contributed by atoms with Gasteiger partial charge < -0.3 is 14.6 Å². The van der Waals surface area contributed by atoms with Gasteiger partial charge in [-0.25, -0.2) is 0 Å². The maximum absolute atomic E-state index is 11.7. The first-order chi connectivity index (χ1) is 8.25. The number of benzene rings is 1. The molecule has 1 aromatic heterocycles. The largest absolute Gasteiger partial charge is 0.481 e. The topological polar surface area (TPSA) is 64.4 Å². The van der Waals surface area contributed by atoms with E-state index in [0.29, 0.717) is 11.6 Å². The molecule has 0 bridgehead atoms. The summed E-state index contributed by atoms with van der Waals surface area (Å²) in [5.74, 6) is 0.747. The minimum absolute atomic E-state index is 0.275. The molecule has 1 aromatic carbocycles. The number of anilines is 1. The lowest BCUT2D eigenvalue weighted by atomic mass is 10.3. The number of nitrogens with one attached hydrogen (secondary N) is 1. The Balaban J connectivity index is 1.92. The van der Waals surface area contributed by atoms with Crippen molar-refractivity contribution in [2.24, 2.45) is 0 Å². The smallest absolute Gasteiger partial charge is 0.266 e. The first-order valence-corrected chi connectivity index (χ1v) is 5.18. The monoisotopic (exact) mass is 232 g/mol. The fourth-order valence-electron chi connectivity index (χ4n) is 1.26. The molecule has 5 heteroatoms. The van der Waals surface area contributed by atoms with Gasteiger partial charge in [-0.05, 0) is 19.1 Å². The molecule has 1 atom stereocenters. The van der Waals surface area contributed by atoms with Gasteiger partial charge in [0.05, 0.1) is 0 Å². The van der Waals surface area contributed by atoms with Crippen LogP contribution in [-0.2, 0) is 4.79 Å². The second-order valence-electron chi connectivity index (χ2n) is 3.45. The van der Waals surface area contributed by atoms with E-state index in [1.54, 1.807) is 25.1 Å². The highest BCUT2D eigenvalue weighted by Crippen LogP contribution is 2.11. The van der Waals surface area contributed by atoms with Gasteiger partial charge in [-0.3, -0.25) is 4.79 Å². The van der Waals surface area contributed by atoms with Crippen LogP contribution in [0.2, 0.25) is 0 Å². The zero-order valence-electron chi connectivity index (χ0n) is 9.29. The number of nitrogens with zero attached hydrogens (tertiary/aromatic N) is 1. The van der Waals surface area contributed by atoms with E-state index < -0.39 is 6.10 Å². The maximum atomic E-state index is 11.7. The highest BCUT2D eigenvalue weighted by Gasteiger charge is 2.15. The fraction of sp³-hybridized carbons (Fsp3) is 0.167. The molecule has 5 nitrogen and oxygen atoms in total. The maximum Gasteiger partial charge on any atom is 0.266 e. The van der Waals surface area contributed by atoms with E-state index in [2.05, 4.69) is 15.0 Å². The van der Waals surface area contributed by atoms with Gasteiger partial charge in [-0.1, -0.05) is 23.4 Å². The SMILES string of the molecule is C[C@H](Oc1ccccc1)C(=O)Nc1ccon1. The zero-order valence-corrected chi connectivity index (χ0v) is 9.29. The summed E-state index contributed by atoms with van der Waals surface area (Å²) in [5.41, 5.74) is 0. The predicted molar refractivity (Wildman–Crippen MR) is 61.7 cm³/mol. The third-order valence-electron chi connectivity index (χ3n) is 2.11. The van der Waals surface area contributed by atoms with Crippen LogP contribution in [0.5, 0.6) is 5.75 Å². The first kappa shape index (κ1) is 11.2. The van der Waals surface area contributed by atoms with E-state index in [9.17, 15) is 4.79 Å². The zero-order chi connectivity index (χ0) is 12.1. The molecule has 88 valence electrons. The quantitative estimate of drug-likeness (QED) is 0.876. The normalized spacial score (nSPS) is 11.8. The van der Waals surface area contributed by atoms with Crippen molar-refractivity contribution >= 4 is 11.7 Å². The van der Waals surface area contributed by atoms with Crippen LogP contribution in [0, 0.1) is 0 Å². The van der Waals surface area contributed by atoms with Gasteiger partial charge >= 0.3 is 0 Å². The number of carbonyl (C=O) groups excluding carboxylic acids is 1. The van der Waals surface area contributed by atoms with Gasteiger partial charge in [-0.2, -0.15) is 0 Å². The van der Waals surface area contributed by atoms with Crippen LogP contribution < -0.4 is 10.1 Å². The highest BCUT2D eigenvalue weighted by molar-refractivity contribution is 5.93. The Morgan fingerprint density at radius 2 is 2.12 bits per heavy atom. The lowest BCUT2D eigenvalue weighted by Crippen LogP contribution is -2.30. The van der Waals surface area contributed by atoms with Crippen molar-refractivity contribution in [1.82, 2.24) is 5.16 Å². The molecule has 2 aromatic rings. The third-order valence-corrected chi connectivity index (χ3v) is 2.11. The van der Waals surface area contributed by atoms with Crippen LogP contribution >= 0.6 is 0 Å². The molecule has 0 saturated heterocycles. The van der Waals surface area contributed by atoms with Gasteiger partial charge in [0.2, 0.25) is 0 Å². The number of aromatic nitrogens is 1. The number of carbonyl (C=O) groups is 1. The number of amides is 1. The van der Waals surface area contributed by atoms with Gasteiger partial charge in [0.25, 0.3) is 5.91 Å². The fourth-order valence-corrected chi connectivity index (χ4v) is 1.26. The number of hydrogen-bond donors (Lipinski definition) is 1. The first-order valence-electron chi connectivity index (χ1n) is 5.18. The molecular formula is C12H12N2O3. The number of para-hydroxylation sites is 1. The summed E-state index contributed by atoms with van der Waals surface area (Å²) in [5, 5.41) is 6.16. The Morgan fingerprint density at radius 3 is 2.76 bits per heavy atom. The molecule has 0 unspecified atom stereocenters. The van der Waals surface area contributed by atoms with Crippen molar-refractivity contribution in [2.45, 2.75) is 13.0 Å². The van der Waals surface area contributed by atoms with Crippen LogP contribution in [-0.4, -0.2) is 17.2 Å². The molecule has 0 saturated carbocycles. The minimum atomic E-state index is -0.603. The van der Waals surface area contributed by atoms with Gasteiger partial charge in [0.1, 0.15) is 12.0 Å². The highest BCUT2D eigenvalue weighted by atomic mass is 16.5. The Kier molecular flexibility index (Phi) is 3.40. The average molecular weight is 232 g/mol. The Morgan fingerprint density at radius 1 is 1.35 bits per heavy atom. The van der Waals surface area contributed by atoms with Crippen molar-refractivity contribution in [3.63, 3.8) is 0 Å². The number of hydrogen-bond acceptors (Lipinski definition) is 4. The van der Waals surface area contributed by atoms with Gasteiger partial charge in [0.15, 0.2) is 11.9 Å². The van der Waals surface area contributed by atoms with E-state index >= 15 is 0 Å². The molecular weight excluding hydrogens is 220 g/mol. The summed E-state index contributed by atoms with van der Waals surface area (Å²) in [7, 11) is 0. The van der Waals surface area contributed by atoms with E-state index in [1.807, 2.05) is 18.2 Å². The molecule has 1 N–H and O–H groups in total. The van der Waals surface area contributed by atoms with Gasteiger partial charge in [-0.15, -0.1) is 0 Å². The second kappa shape index (κ2) is 5.16. The van der Waals surface area contributed by atoms with Crippen molar-refractivity contribution in [1.29, 1.82) is 0 Å². The van der Waals surface area contributed by atoms with Crippen molar-refractivity contribution in [3.05, 3.63) is 42.7 Å². The van der Waals surface area contributed by atoms with E-state index in [4.69, 9.17) is 4.74 Å². The summed E-state index contributed by atoms with van der Waals surface area (Å²) in [6.45, 7) is 1.67. The van der Waals surface area contributed by atoms with Crippen molar-refractivity contribution in [2.75, 3.05) is 5.32 Å². The summed E-state index contributed by atoms with van der Waals surface area (Å²) in [4.78, 5) is 11.7. The molecule has 0 radical (unpaired) electrons. The van der Waals surface area contributed by atoms with Crippen molar-refractivity contribution in [3.8, 4) is 5.75 Å². The molecule has 2 rings (SSSR count). The van der Waals surface area contributed by atoms with Gasteiger partial charge in [0, 0.05) is 6.07 Å². The average Bonchev–Trinajstić information content (AvgIpc) is 2.83. The molecule has 0 aliphatic rings. The molecule has 0 fully saturated rings. The number of ether oxygens (including phenoxy) is 1. The van der Waals surface area contributed by atoms with Crippen LogP contribution in [0.4, 0.5) is 5.82 Å². The molecule has 0 spiro atoms. The molecule has 1 amide bonds. The van der Waals surface area contributed by atoms with E-state index in [1.165, 1.54) is 6.26 Å². The van der Waals surface area contributed by atoms with Crippen LogP contribution in [0.3, 0.4) is 0 Å². The number of rotatable bonds is 4. The third kappa shape index (κ3) is 3.07. The minimum Gasteiger partial charge on any atom is -0.481 e. The molecule has 1 heterocycles. The lowest BCUT2D eigenvalue weighted by Gasteiger charge is -2.13. The summed E-state index contributed by atoms with van der Waals surface area (Å²) >= 11 is 0. The summed E-state index contributed by atoms with van der Waals surface area (Å²) in [6.07, 6.45) is 0.785. The van der Waals surface area contributed by atoms with Crippen LogP contribution in [0.25, 0.3) is 0 Å². The Hall–Kier alpha value is -2.30. The van der Waals surface area contributed by atoms with Crippen LogP contribution in [0.1, 0.15) is 6.92 Å². The molecule has 0 aliphatic carbocycles. The Bertz CT molecular complexity index is 468.